The highest BCUT2D eigenvalue weighted by atomic mass is 16.7. The van der Waals surface area contributed by atoms with Crippen molar-refractivity contribution in [3.8, 4) is 0 Å². The summed E-state index contributed by atoms with van der Waals surface area (Å²) in [5, 5.41) is 40.3. The first-order valence-corrected chi connectivity index (χ1v) is 6.79. The summed E-state index contributed by atoms with van der Waals surface area (Å²) >= 11 is 0. The minimum Gasteiger partial charge on any atom is -0.416 e. The van der Waals surface area contributed by atoms with Gasteiger partial charge < -0.3 is 29.9 Å². The van der Waals surface area contributed by atoms with E-state index in [1.807, 2.05) is 0 Å². The number of ether oxygens (including phenoxy) is 2. The Morgan fingerprint density at radius 1 is 1.18 bits per heavy atom. The Morgan fingerprint density at radius 3 is 2.41 bits per heavy atom. The van der Waals surface area contributed by atoms with Crippen molar-refractivity contribution < 1.29 is 34.7 Å². The van der Waals surface area contributed by atoms with E-state index in [-0.39, 0.29) is 6.61 Å². The third-order valence-corrected chi connectivity index (χ3v) is 3.41. The Kier molecular flexibility index (Phi) is 5.33. The van der Waals surface area contributed by atoms with E-state index in [0.29, 0.717) is 11.3 Å². The first-order chi connectivity index (χ1) is 10.4. The molecule has 0 spiro atoms. The number of anilines is 1. The third-order valence-electron chi connectivity index (χ3n) is 3.41. The zero-order valence-corrected chi connectivity index (χ0v) is 11.9. The van der Waals surface area contributed by atoms with Gasteiger partial charge in [-0.1, -0.05) is 12.1 Å². The highest BCUT2D eigenvalue weighted by molar-refractivity contribution is 5.84. The van der Waals surface area contributed by atoms with E-state index >= 15 is 0 Å². The molecule has 8 nitrogen and oxygen atoms in total. The number of aliphatic hydroxyl groups is 4. The van der Waals surface area contributed by atoms with Crippen molar-refractivity contribution in [1.29, 1.82) is 0 Å². The average molecular weight is 313 g/mol. The van der Waals surface area contributed by atoms with Crippen LogP contribution in [0.1, 0.15) is 12.5 Å². The summed E-state index contributed by atoms with van der Waals surface area (Å²) in [4.78, 5) is 11.8. The van der Waals surface area contributed by atoms with E-state index in [9.17, 15) is 20.1 Å². The molecule has 1 aromatic rings. The maximum Gasteiger partial charge on any atom is 0.414 e. The van der Waals surface area contributed by atoms with E-state index in [1.165, 1.54) is 6.92 Å². The van der Waals surface area contributed by atoms with E-state index in [0.717, 1.165) is 0 Å². The summed E-state index contributed by atoms with van der Waals surface area (Å²) in [7, 11) is 0. The molecule has 1 aromatic carbocycles. The van der Waals surface area contributed by atoms with Gasteiger partial charge >= 0.3 is 6.09 Å². The number of hydrogen-bond acceptors (Lipinski definition) is 7. The number of rotatable bonds is 3. The van der Waals surface area contributed by atoms with Gasteiger partial charge in [0.2, 0.25) is 6.29 Å². The molecule has 2 rings (SSSR count). The lowest BCUT2D eigenvalue weighted by Crippen LogP contribution is -2.57. The van der Waals surface area contributed by atoms with E-state index < -0.39 is 36.8 Å². The van der Waals surface area contributed by atoms with Crippen molar-refractivity contribution in [2.24, 2.45) is 0 Å². The fourth-order valence-corrected chi connectivity index (χ4v) is 2.06. The summed E-state index contributed by atoms with van der Waals surface area (Å²) in [5.74, 6) is 0. The normalized spacial score (nSPS) is 31.6. The van der Waals surface area contributed by atoms with Gasteiger partial charge in [-0.25, -0.2) is 4.79 Å². The van der Waals surface area contributed by atoms with Crippen LogP contribution in [0.4, 0.5) is 10.5 Å². The lowest BCUT2D eigenvalue weighted by Gasteiger charge is -2.38. The molecular weight excluding hydrogens is 294 g/mol. The first kappa shape index (κ1) is 16.7. The lowest BCUT2D eigenvalue weighted by molar-refractivity contribution is -0.275. The van der Waals surface area contributed by atoms with Crippen LogP contribution in [0.25, 0.3) is 0 Å². The van der Waals surface area contributed by atoms with Crippen molar-refractivity contribution in [2.45, 2.75) is 44.2 Å². The molecule has 1 heterocycles. The zero-order chi connectivity index (χ0) is 16.3. The Hall–Kier alpha value is -1.71. The molecule has 5 N–H and O–H groups in total. The molecule has 0 bridgehead atoms. The van der Waals surface area contributed by atoms with Crippen LogP contribution in [-0.4, -0.2) is 57.2 Å². The standard InChI is InChI=1S/C14H19NO7/c1-7-10(17)11(18)12(19)13(21-7)22-14(20)15-9-4-2-8(6-16)3-5-9/h2-5,7,10-13,16-19H,6H2,1H3,(H,15,20). The molecular formula is C14H19NO7. The average Bonchev–Trinajstić information content (AvgIpc) is 2.51. The third kappa shape index (κ3) is 3.73. The molecule has 0 aliphatic carbocycles. The van der Waals surface area contributed by atoms with Crippen LogP contribution in [0.15, 0.2) is 24.3 Å². The molecule has 1 saturated heterocycles. The van der Waals surface area contributed by atoms with E-state index in [4.69, 9.17) is 14.6 Å². The maximum absolute atomic E-state index is 11.8. The van der Waals surface area contributed by atoms with Crippen LogP contribution in [0, 0.1) is 0 Å². The zero-order valence-electron chi connectivity index (χ0n) is 11.9. The number of aliphatic hydroxyl groups excluding tert-OH is 4. The van der Waals surface area contributed by atoms with Crippen molar-refractivity contribution in [1.82, 2.24) is 0 Å². The van der Waals surface area contributed by atoms with Gasteiger partial charge in [0.25, 0.3) is 0 Å². The Bertz CT molecular complexity index is 506. The van der Waals surface area contributed by atoms with Crippen LogP contribution in [0.2, 0.25) is 0 Å². The fourth-order valence-electron chi connectivity index (χ4n) is 2.06. The molecule has 0 saturated carbocycles. The van der Waals surface area contributed by atoms with Crippen molar-refractivity contribution in [3.05, 3.63) is 29.8 Å². The molecule has 1 aliphatic heterocycles. The van der Waals surface area contributed by atoms with Crippen molar-refractivity contribution in [2.75, 3.05) is 5.32 Å². The summed E-state index contributed by atoms with van der Waals surface area (Å²) in [6.07, 6.45) is -7.33. The molecule has 1 aliphatic rings. The highest BCUT2D eigenvalue weighted by Crippen LogP contribution is 2.22. The number of nitrogens with one attached hydrogen (secondary N) is 1. The predicted octanol–water partition coefficient (Wildman–Crippen LogP) is -0.445. The number of amides is 1. The van der Waals surface area contributed by atoms with Crippen molar-refractivity contribution in [3.63, 3.8) is 0 Å². The van der Waals surface area contributed by atoms with Gasteiger partial charge in [-0.05, 0) is 24.6 Å². The molecule has 1 fully saturated rings. The number of carbonyl (C=O) groups is 1. The quantitative estimate of drug-likeness (QED) is 0.511. The van der Waals surface area contributed by atoms with Crippen molar-refractivity contribution >= 4 is 11.8 Å². The molecule has 1 amide bonds. The van der Waals surface area contributed by atoms with Crippen LogP contribution in [0.5, 0.6) is 0 Å². The van der Waals surface area contributed by atoms with Gasteiger partial charge in [-0.3, -0.25) is 5.32 Å². The maximum atomic E-state index is 11.8. The fraction of sp³-hybridized carbons (Fsp3) is 0.500. The summed E-state index contributed by atoms with van der Waals surface area (Å²) in [5.41, 5.74) is 1.12. The lowest BCUT2D eigenvalue weighted by atomic mass is 10.0. The van der Waals surface area contributed by atoms with Gasteiger partial charge in [-0.2, -0.15) is 0 Å². The second-order valence-electron chi connectivity index (χ2n) is 5.07. The van der Waals surface area contributed by atoms with Gasteiger partial charge in [-0.15, -0.1) is 0 Å². The van der Waals surface area contributed by atoms with Gasteiger partial charge in [0, 0.05) is 5.69 Å². The second kappa shape index (κ2) is 7.03. The predicted molar refractivity (Wildman–Crippen MR) is 74.8 cm³/mol. The van der Waals surface area contributed by atoms with Crippen LogP contribution < -0.4 is 5.32 Å². The molecule has 0 radical (unpaired) electrons. The Morgan fingerprint density at radius 2 is 1.82 bits per heavy atom. The minimum atomic E-state index is -1.55. The van der Waals surface area contributed by atoms with Gasteiger partial charge in [0.1, 0.15) is 18.3 Å². The Labute approximate surface area is 126 Å². The van der Waals surface area contributed by atoms with Crippen LogP contribution in [0.3, 0.4) is 0 Å². The molecule has 5 unspecified atom stereocenters. The number of carbonyl (C=O) groups excluding carboxylic acids is 1. The minimum absolute atomic E-state index is 0.106. The largest absolute Gasteiger partial charge is 0.416 e. The number of hydrogen-bond donors (Lipinski definition) is 5. The van der Waals surface area contributed by atoms with Crippen LogP contribution in [-0.2, 0) is 16.1 Å². The smallest absolute Gasteiger partial charge is 0.414 e. The van der Waals surface area contributed by atoms with E-state index in [2.05, 4.69) is 5.32 Å². The number of benzene rings is 1. The molecule has 22 heavy (non-hydrogen) atoms. The molecule has 8 heteroatoms. The topological polar surface area (TPSA) is 128 Å². The highest BCUT2D eigenvalue weighted by Gasteiger charge is 2.43. The summed E-state index contributed by atoms with van der Waals surface area (Å²) in [6.45, 7) is 1.38. The molecule has 0 aromatic heterocycles. The first-order valence-electron chi connectivity index (χ1n) is 6.79. The van der Waals surface area contributed by atoms with E-state index in [1.54, 1.807) is 24.3 Å². The van der Waals surface area contributed by atoms with Crippen LogP contribution >= 0.6 is 0 Å². The van der Waals surface area contributed by atoms with Gasteiger partial charge in [0.15, 0.2) is 0 Å². The second-order valence-corrected chi connectivity index (χ2v) is 5.07. The SMILES string of the molecule is CC1OC(OC(=O)Nc2ccc(CO)cc2)C(O)C(O)C1O. The van der Waals surface area contributed by atoms with Gasteiger partial charge in [0.05, 0.1) is 12.7 Å². The monoisotopic (exact) mass is 313 g/mol. The molecule has 5 atom stereocenters. The summed E-state index contributed by atoms with van der Waals surface area (Å²) in [6, 6.07) is 6.41. The Balaban J connectivity index is 1.93. The molecule has 122 valence electrons. The summed E-state index contributed by atoms with van der Waals surface area (Å²) < 4.78 is 10.1.